The number of pyridine rings is 2. The zero-order valence-electron chi connectivity index (χ0n) is 29.3. The minimum absolute atomic E-state index is 0.264. The Morgan fingerprint density at radius 3 is 1.74 bits per heavy atom. The fraction of sp³-hybridized carbons (Fsp3) is 0.176. The number of methoxy groups -OCH3 is 2. The number of nitrogens with one attached hydrogen (secondary N) is 5. The molecule has 16 nitrogen and oxygen atoms in total. The number of halogens is 3. The van der Waals surface area contributed by atoms with Gasteiger partial charge in [0, 0.05) is 26.5 Å². The van der Waals surface area contributed by atoms with Crippen molar-refractivity contribution in [3.8, 4) is 34.3 Å². The van der Waals surface area contributed by atoms with Crippen molar-refractivity contribution in [2.24, 2.45) is 0 Å². The number of carbonyl (C=O) groups is 2. The minimum Gasteiger partial charge on any atom is -0.494 e. The number of nitrogens with two attached hydrogens (primary N) is 1. The molecule has 53 heavy (non-hydrogen) atoms. The number of rotatable bonds is 8. The number of hydrogen-bond acceptors (Lipinski definition) is 12. The van der Waals surface area contributed by atoms with E-state index in [-0.39, 0.29) is 22.1 Å². The van der Waals surface area contributed by atoms with Gasteiger partial charge in [-0.2, -0.15) is 10.2 Å². The molecule has 2 amide bonds. The molecule has 0 aliphatic heterocycles. The highest BCUT2D eigenvalue weighted by molar-refractivity contribution is 6.36. The largest absolute Gasteiger partial charge is 0.494 e. The van der Waals surface area contributed by atoms with Gasteiger partial charge in [0.05, 0.1) is 58.6 Å². The molecule has 4 heterocycles. The Bertz CT molecular complexity index is 2210. The van der Waals surface area contributed by atoms with Crippen LogP contribution in [0.25, 0.3) is 22.8 Å². The van der Waals surface area contributed by atoms with Gasteiger partial charge in [-0.1, -0.05) is 46.9 Å². The maximum Gasteiger partial charge on any atom is 0.254 e. The summed E-state index contributed by atoms with van der Waals surface area (Å²) in [5.41, 5.74) is 9.70. The Morgan fingerprint density at radius 2 is 1.23 bits per heavy atom. The van der Waals surface area contributed by atoms with Crippen LogP contribution in [0.4, 0.5) is 17.1 Å². The van der Waals surface area contributed by atoms with Gasteiger partial charge in [0.1, 0.15) is 22.0 Å². The zero-order valence-corrected chi connectivity index (χ0v) is 31.6. The molecule has 4 aromatic heterocycles. The molecule has 0 bridgehead atoms. The molecule has 0 atom stereocenters. The van der Waals surface area contributed by atoms with E-state index in [9.17, 15) is 9.59 Å². The van der Waals surface area contributed by atoms with E-state index in [0.717, 1.165) is 11.4 Å². The van der Waals surface area contributed by atoms with Gasteiger partial charge in [0.15, 0.2) is 23.1 Å². The van der Waals surface area contributed by atoms with Crippen LogP contribution >= 0.6 is 34.8 Å². The van der Waals surface area contributed by atoms with E-state index in [1.54, 1.807) is 33.4 Å². The van der Waals surface area contributed by atoms with Crippen molar-refractivity contribution in [1.82, 2.24) is 51.0 Å². The summed E-state index contributed by atoms with van der Waals surface area (Å²) in [4.78, 5) is 39.4. The Kier molecular flexibility index (Phi) is 13.9. The number of anilines is 3. The van der Waals surface area contributed by atoms with Crippen LogP contribution < -0.4 is 31.2 Å². The van der Waals surface area contributed by atoms with Crippen molar-refractivity contribution in [2.45, 2.75) is 13.8 Å². The average molecular weight is 782 g/mol. The third-order valence-corrected chi connectivity index (χ3v) is 7.77. The molecule has 6 aromatic rings. The number of aromatic nitrogens is 8. The molecule has 7 N–H and O–H groups in total. The quantitative estimate of drug-likeness (QED) is 0.0766. The van der Waals surface area contributed by atoms with Crippen molar-refractivity contribution in [3.05, 3.63) is 99.0 Å². The van der Waals surface area contributed by atoms with Crippen molar-refractivity contribution in [3.63, 3.8) is 0 Å². The molecule has 0 saturated carbocycles. The lowest BCUT2D eigenvalue weighted by molar-refractivity contribution is 0.0955. The summed E-state index contributed by atoms with van der Waals surface area (Å²) in [7, 11) is 6.21. The molecular formula is C34H35Cl3N12O4. The molecule has 6 rings (SSSR count). The minimum atomic E-state index is -0.281. The molecule has 2 aromatic carbocycles. The summed E-state index contributed by atoms with van der Waals surface area (Å²) in [5.74, 6) is 3.16. The van der Waals surface area contributed by atoms with Crippen LogP contribution in [0.3, 0.4) is 0 Å². The van der Waals surface area contributed by atoms with E-state index < -0.39 is 0 Å². The molecular weight excluding hydrogens is 747 g/mol. The summed E-state index contributed by atoms with van der Waals surface area (Å²) in [6.45, 7) is 3.66. The van der Waals surface area contributed by atoms with E-state index in [1.165, 1.54) is 25.5 Å². The van der Waals surface area contributed by atoms with Gasteiger partial charge in [0.25, 0.3) is 11.8 Å². The van der Waals surface area contributed by atoms with Gasteiger partial charge in [-0.15, -0.1) is 0 Å². The number of carbonyl (C=O) groups excluding carboxylic acids is 2. The first-order valence-corrected chi connectivity index (χ1v) is 16.6. The summed E-state index contributed by atoms with van der Waals surface area (Å²) < 4.78 is 10.8. The SMILES string of the molecule is CNC(=O)c1cnc(Cl)cc1Cl.CNC(=O)c1cnc(Cl)cc1Nc1cccc(-c2n[nH]c(C)n2)c1OC.COc1c(N)cccc1-c1n[nH]c(C)n1. The highest BCUT2D eigenvalue weighted by atomic mass is 35.5. The predicted octanol–water partition coefficient (Wildman–Crippen LogP) is 6.06. The fourth-order valence-electron chi connectivity index (χ4n) is 4.62. The third kappa shape index (κ3) is 10.1. The molecule has 0 saturated heterocycles. The second kappa shape index (κ2) is 18.5. The maximum absolute atomic E-state index is 12.1. The molecule has 0 aliphatic carbocycles. The molecule has 19 heteroatoms. The third-order valence-electron chi connectivity index (χ3n) is 7.05. The number of para-hydroxylation sites is 2. The first-order chi connectivity index (χ1) is 25.4. The standard InChI is InChI=1S/C17H17ClN6O2.C10H12N4O.C7H6Cl2N2O/c1-9-21-16(24-23-9)10-5-4-6-12(15(10)26-3)22-13-7-14(18)20-8-11(13)17(25)19-2;1-6-12-10(14-13-6)7-4-3-5-8(11)9(7)15-2;1-10-7(12)4-3-11-6(9)2-5(4)8/h4-8H,1-3H3,(H,19,25)(H,20,22)(H,21,23,24);3-5H,11H2,1-2H3,(H,12,13,14);2-3H,1H3,(H,10,12). The number of nitrogens with zero attached hydrogens (tertiary/aromatic N) is 6. The normalized spacial score (nSPS) is 10.2. The van der Waals surface area contributed by atoms with Crippen molar-refractivity contribution in [2.75, 3.05) is 39.4 Å². The van der Waals surface area contributed by atoms with Gasteiger partial charge in [0.2, 0.25) is 0 Å². The lowest BCUT2D eigenvalue weighted by atomic mass is 10.1. The highest BCUT2D eigenvalue weighted by Gasteiger charge is 2.18. The van der Waals surface area contributed by atoms with Gasteiger partial charge < -0.3 is 31.2 Å². The number of benzene rings is 2. The van der Waals surface area contributed by atoms with Gasteiger partial charge in [-0.25, -0.2) is 19.9 Å². The number of ether oxygens (including phenoxy) is 2. The van der Waals surface area contributed by atoms with E-state index >= 15 is 0 Å². The maximum atomic E-state index is 12.1. The molecule has 276 valence electrons. The van der Waals surface area contributed by atoms with Crippen LogP contribution in [-0.4, -0.2) is 80.5 Å². The van der Waals surface area contributed by atoms with Crippen LogP contribution in [-0.2, 0) is 0 Å². The second-order valence-corrected chi connectivity index (χ2v) is 11.8. The second-order valence-electron chi connectivity index (χ2n) is 10.6. The average Bonchev–Trinajstić information content (AvgIpc) is 3.79. The van der Waals surface area contributed by atoms with Crippen LogP contribution in [0.5, 0.6) is 11.5 Å². The Morgan fingerprint density at radius 1 is 0.717 bits per heavy atom. The van der Waals surface area contributed by atoms with Crippen LogP contribution in [0.1, 0.15) is 32.4 Å². The van der Waals surface area contributed by atoms with Gasteiger partial charge >= 0.3 is 0 Å². The lowest BCUT2D eigenvalue weighted by Gasteiger charge is -2.16. The number of amides is 2. The van der Waals surface area contributed by atoms with Crippen LogP contribution in [0.2, 0.25) is 15.3 Å². The number of hydrogen-bond donors (Lipinski definition) is 6. The Balaban J connectivity index is 0.000000196. The lowest BCUT2D eigenvalue weighted by Crippen LogP contribution is -2.19. The number of nitrogen functional groups attached to an aromatic ring is 1. The Labute approximate surface area is 319 Å². The molecule has 0 aliphatic rings. The highest BCUT2D eigenvalue weighted by Crippen LogP contribution is 2.37. The van der Waals surface area contributed by atoms with Crippen molar-refractivity contribution >= 4 is 63.7 Å². The van der Waals surface area contributed by atoms with E-state index in [2.05, 4.69) is 56.3 Å². The van der Waals surface area contributed by atoms with Crippen molar-refractivity contribution in [1.29, 1.82) is 0 Å². The molecule has 0 spiro atoms. The monoisotopic (exact) mass is 780 g/mol. The summed E-state index contributed by atoms with van der Waals surface area (Å²) in [5, 5.41) is 22.9. The molecule has 0 unspecified atom stereocenters. The van der Waals surface area contributed by atoms with E-state index in [4.69, 9.17) is 50.0 Å². The number of H-pyrrole nitrogens is 2. The van der Waals surface area contributed by atoms with Crippen LogP contribution in [0.15, 0.2) is 60.9 Å². The van der Waals surface area contributed by atoms with E-state index in [1.807, 2.05) is 44.2 Å². The smallest absolute Gasteiger partial charge is 0.254 e. The Hall–Kier alpha value is -5.97. The number of aryl methyl sites for hydroxylation is 2. The number of aromatic amines is 2. The molecule has 0 fully saturated rings. The topological polar surface area (TPSA) is 224 Å². The molecule has 0 radical (unpaired) electrons. The zero-order chi connectivity index (χ0) is 38.7. The van der Waals surface area contributed by atoms with Crippen LogP contribution in [0, 0.1) is 13.8 Å². The predicted molar refractivity (Wildman–Crippen MR) is 204 cm³/mol. The van der Waals surface area contributed by atoms with Gasteiger partial charge in [-0.05, 0) is 50.2 Å². The summed E-state index contributed by atoms with van der Waals surface area (Å²) in [6, 6.07) is 14.0. The fourth-order valence-corrected chi connectivity index (χ4v) is 5.23. The first kappa shape index (κ1) is 39.8. The van der Waals surface area contributed by atoms with Crippen molar-refractivity contribution < 1.29 is 19.1 Å². The van der Waals surface area contributed by atoms with E-state index in [0.29, 0.717) is 67.7 Å². The van der Waals surface area contributed by atoms with Gasteiger partial charge in [-0.3, -0.25) is 19.8 Å². The summed E-state index contributed by atoms with van der Waals surface area (Å²) >= 11 is 17.3. The summed E-state index contributed by atoms with van der Waals surface area (Å²) in [6.07, 6.45) is 2.75. The first-order valence-electron chi connectivity index (χ1n) is 15.5.